The van der Waals surface area contributed by atoms with Gasteiger partial charge in [0.1, 0.15) is 0 Å². The molecule has 0 radical (unpaired) electrons. The van der Waals surface area contributed by atoms with Crippen LogP contribution in [0, 0.1) is 13.8 Å². The van der Waals surface area contributed by atoms with Gasteiger partial charge in [0.05, 0.1) is 0 Å². The molecule has 0 saturated carbocycles. The molecule has 0 bridgehead atoms. The zero-order chi connectivity index (χ0) is 29.8. The summed E-state index contributed by atoms with van der Waals surface area (Å²) in [6, 6.07) is 25.5. The van der Waals surface area contributed by atoms with Crippen molar-refractivity contribution in [3.05, 3.63) is 205 Å². The lowest BCUT2D eigenvalue weighted by molar-refractivity contribution is 1.40. The fourth-order valence-electron chi connectivity index (χ4n) is 4.35. The van der Waals surface area contributed by atoms with Crippen LogP contribution in [0.25, 0.3) is 22.3 Å². The molecular weight excluding hydrogens is 506 g/mol. The molecule has 0 aliphatic heterocycles. The number of rotatable bonds is 12. The average molecular weight is 548 g/mol. The van der Waals surface area contributed by atoms with Gasteiger partial charge in [0.15, 0.2) is 0 Å². The maximum absolute atomic E-state index is 5.61. The van der Waals surface area contributed by atoms with Gasteiger partial charge in [0, 0.05) is 0 Å². The number of nitrogens with two attached hydrogens (primary N) is 1. The Kier molecular flexibility index (Phi) is 13.6. The van der Waals surface area contributed by atoms with Gasteiger partial charge >= 0.3 is 0 Å². The van der Waals surface area contributed by atoms with Crippen molar-refractivity contribution in [1.29, 1.82) is 0 Å². The molecule has 0 spiro atoms. The number of aryl methyl sites for hydroxylation is 2. The van der Waals surface area contributed by atoms with Crippen LogP contribution in [0.1, 0.15) is 29.2 Å². The summed E-state index contributed by atoms with van der Waals surface area (Å²) in [5.41, 5.74) is 15.3. The molecule has 0 aromatic heterocycles. The standard InChI is InChI=1S/C41H41N/c1-4-5-6-15-25-37(39-29-30-41(35(3)33-39)40-28-21-20-22-34(40)2)26-16-12-10-8-7-9-11-13-17-27-38(31-32-42)36-23-18-14-19-24-36/h4-33H,42H2,1-3H3/b5-4+,8-7+,11-9+,12-10+,15-6-,17-13+,26-16-,32-31-,37-25+,38-27+. The van der Waals surface area contributed by atoms with Crippen LogP contribution < -0.4 is 5.73 Å². The maximum atomic E-state index is 5.61. The zero-order valence-electron chi connectivity index (χ0n) is 24.9. The van der Waals surface area contributed by atoms with E-state index in [1.54, 1.807) is 6.20 Å². The molecule has 3 aromatic carbocycles. The second-order valence-electron chi connectivity index (χ2n) is 9.62. The first kappa shape index (κ1) is 31.4. The van der Waals surface area contributed by atoms with E-state index in [0.29, 0.717) is 0 Å². The van der Waals surface area contributed by atoms with Gasteiger partial charge in [-0.15, -0.1) is 0 Å². The second-order valence-corrected chi connectivity index (χ2v) is 9.62. The molecule has 0 fully saturated rings. The monoisotopic (exact) mass is 547 g/mol. The van der Waals surface area contributed by atoms with Gasteiger partial charge in [-0.1, -0.05) is 170 Å². The predicted molar refractivity (Wildman–Crippen MR) is 187 cm³/mol. The van der Waals surface area contributed by atoms with Crippen LogP contribution in [0.5, 0.6) is 0 Å². The van der Waals surface area contributed by atoms with Crippen LogP contribution in [0.15, 0.2) is 182 Å². The Balaban J connectivity index is 1.65. The van der Waals surface area contributed by atoms with Gasteiger partial charge in [-0.25, -0.2) is 0 Å². The molecule has 1 heteroatoms. The normalized spacial score (nSPS) is 13.7. The molecule has 210 valence electrons. The lowest BCUT2D eigenvalue weighted by Gasteiger charge is -2.12. The van der Waals surface area contributed by atoms with E-state index in [-0.39, 0.29) is 0 Å². The Labute approximate surface area is 252 Å². The van der Waals surface area contributed by atoms with E-state index in [0.717, 1.165) is 16.7 Å². The minimum atomic E-state index is 1.07. The summed E-state index contributed by atoms with van der Waals surface area (Å²) >= 11 is 0. The van der Waals surface area contributed by atoms with Gasteiger partial charge in [-0.05, 0) is 77.6 Å². The topological polar surface area (TPSA) is 26.0 Å². The first-order chi connectivity index (χ1) is 20.6. The molecule has 3 rings (SSSR count). The highest BCUT2D eigenvalue weighted by atomic mass is 14.5. The number of hydrogen-bond acceptors (Lipinski definition) is 1. The van der Waals surface area contributed by atoms with Crippen molar-refractivity contribution in [3.63, 3.8) is 0 Å². The quantitative estimate of drug-likeness (QED) is 0.224. The van der Waals surface area contributed by atoms with Gasteiger partial charge in [-0.3, -0.25) is 0 Å². The highest BCUT2D eigenvalue weighted by Gasteiger charge is 2.06. The van der Waals surface area contributed by atoms with Crippen molar-refractivity contribution in [2.24, 2.45) is 5.73 Å². The van der Waals surface area contributed by atoms with E-state index in [1.165, 1.54) is 27.8 Å². The molecule has 3 aromatic rings. The van der Waals surface area contributed by atoms with Crippen LogP contribution in [-0.2, 0) is 0 Å². The molecular formula is C41H41N. The van der Waals surface area contributed by atoms with Crippen LogP contribution in [0.3, 0.4) is 0 Å². The van der Waals surface area contributed by atoms with Crippen molar-refractivity contribution in [1.82, 2.24) is 0 Å². The number of benzene rings is 3. The van der Waals surface area contributed by atoms with Gasteiger partial charge < -0.3 is 5.73 Å². The van der Waals surface area contributed by atoms with E-state index < -0.39 is 0 Å². The smallest absolute Gasteiger partial charge is 0.00561 e. The Morgan fingerprint density at radius 2 is 1.05 bits per heavy atom. The summed E-state index contributed by atoms with van der Waals surface area (Å²) in [5.74, 6) is 0. The SMILES string of the molecule is C/C=C/C=C\C=C(/C=C\C=C\C=C\C=C\C=C\C=C(/C=C\N)c1ccccc1)c1ccc(-c2ccccc2C)c(C)c1. The second kappa shape index (κ2) is 18.3. The third kappa shape index (κ3) is 10.4. The molecule has 0 aliphatic rings. The van der Waals surface area contributed by atoms with Crippen molar-refractivity contribution >= 4 is 11.1 Å². The van der Waals surface area contributed by atoms with Gasteiger partial charge in [0.25, 0.3) is 0 Å². The van der Waals surface area contributed by atoms with Crippen molar-refractivity contribution < 1.29 is 0 Å². The summed E-state index contributed by atoms with van der Waals surface area (Å²) in [7, 11) is 0. The van der Waals surface area contributed by atoms with Crippen molar-refractivity contribution in [3.8, 4) is 11.1 Å². The molecule has 0 heterocycles. The minimum absolute atomic E-state index is 1.07. The largest absolute Gasteiger partial charge is 0.405 e. The summed E-state index contributed by atoms with van der Waals surface area (Å²) in [6.45, 7) is 6.37. The maximum Gasteiger partial charge on any atom is -0.00561 e. The highest BCUT2D eigenvalue weighted by Crippen LogP contribution is 2.29. The first-order valence-electron chi connectivity index (χ1n) is 14.3. The molecule has 42 heavy (non-hydrogen) atoms. The Morgan fingerprint density at radius 3 is 1.67 bits per heavy atom. The predicted octanol–water partition coefficient (Wildman–Crippen LogP) is 10.8. The van der Waals surface area contributed by atoms with Crippen LogP contribution >= 0.6 is 0 Å². The number of hydrogen-bond donors (Lipinski definition) is 1. The minimum Gasteiger partial charge on any atom is -0.405 e. The van der Waals surface area contributed by atoms with E-state index in [2.05, 4.69) is 98.8 Å². The Hall–Kier alpha value is -5.14. The number of allylic oxidation sites excluding steroid dienone is 19. The van der Waals surface area contributed by atoms with Crippen LogP contribution in [0.2, 0.25) is 0 Å². The van der Waals surface area contributed by atoms with Crippen molar-refractivity contribution in [2.45, 2.75) is 20.8 Å². The molecule has 0 unspecified atom stereocenters. The van der Waals surface area contributed by atoms with E-state index in [1.807, 2.05) is 98.0 Å². The fraction of sp³-hybridized carbons (Fsp3) is 0.0732. The molecule has 0 amide bonds. The first-order valence-corrected chi connectivity index (χ1v) is 14.3. The van der Waals surface area contributed by atoms with Crippen LogP contribution in [-0.4, -0.2) is 0 Å². The van der Waals surface area contributed by atoms with E-state index in [9.17, 15) is 0 Å². The van der Waals surface area contributed by atoms with Gasteiger partial charge in [-0.2, -0.15) is 0 Å². The van der Waals surface area contributed by atoms with Crippen LogP contribution in [0.4, 0.5) is 0 Å². The summed E-state index contributed by atoms with van der Waals surface area (Å²) in [6.07, 6.45) is 36.2. The Morgan fingerprint density at radius 1 is 0.500 bits per heavy atom. The lowest BCUT2D eigenvalue weighted by Crippen LogP contribution is -1.89. The van der Waals surface area contributed by atoms with Crippen molar-refractivity contribution in [2.75, 3.05) is 0 Å². The Bertz CT molecular complexity index is 1580. The summed E-state index contributed by atoms with van der Waals surface area (Å²) in [4.78, 5) is 0. The van der Waals surface area contributed by atoms with E-state index in [4.69, 9.17) is 5.73 Å². The molecule has 2 N–H and O–H groups in total. The lowest BCUT2D eigenvalue weighted by atomic mass is 9.93. The third-order valence-corrected chi connectivity index (χ3v) is 6.51. The molecule has 0 aliphatic carbocycles. The van der Waals surface area contributed by atoms with E-state index >= 15 is 0 Å². The van der Waals surface area contributed by atoms with Gasteiger partial charge in [0.2, 0.25) is 0 Å². The molecule has 0 atom stereocenters. The summed E-state index contributed by atoms with van der Waals surface area (Å²) < 4.78 is 0. The third-order valence-electron chi connectivity index (χ3n) is 6.51. The molecule has 1 nitrogen and oxygen atoms in total. The average Bonchev–Trinajstić information content (AvgIpc) is 3.01. The molecule has 0 saturated heterocycles. The fourth-order valence-corrected chi connectivity index (χ4v) is 4.35. The zero-order valence-corrected chi connectivity index (χ0v) is 24.9. The summed E-state index contributed by atoms with van der Waals surface area (Å²) in [5, 5.41) is 0. The highest BCUT2D eigenvalue weighted by molar-refractivity contribution is 5.79.